The summed E-state index contributed by atoms with van der Waals surface area (Å²) in [4.78, 5) is 26.0. The van der Waals surface area contributed by atoms with E-state index in [9.17, 15) is 40.6 Å². The molecule has 12 nitrogen and oxygen atoms in total. The van der Waals surface area contributed by atoms with Gasteiger partial charge in [0.2, 0.25) is 5.69 Å². The van der Waals surface area contributed by atoms with Crippen LogP contribution in [-0.2, 0) is 40.7 Å². The van der Waals surface area contributed by atoms with E-state index < -0.39 is 48.6 Å². The summed E-state index contributed by atoms with van der Waals surface area (Å²) in [6.45, 7) is 10.1. The van der Waals surface area contributed by atoms with Gasteiger partial charge in [0.05, 0.1) is 15.2 Å². The van der Waals surface area contributed by atoms with Crippen LogP contribution in [0.2, 0.25) is 0 Å². The van der Waals surface area contributed by atoms with Crippen LogP contribution in [0.4, 0.5) is 11.4 Å². The standard InChI is InChI=1S/C34H38N2O10S2/c1-6-35-26-13-11-20(47(41,42)43)16-24(26)33(2,3)28(35)18-22-31(39)23(32(22)40)19-29-34(4,5)25-17-21(48(44,45)46)12-14-27(25)36(29)15-9-7-8-10-30(37)38/h11-14,16-19H,6-10,15H2,1-5H3,(H3-,37,38,39,40,41,42,43,44,45,46). The van der Waals surface area contributed by atoms with Crippen LogP contribution < -0.4 is 10.0 Å². The fraction of sp³-hybridized carbons (Fsp3) is 0.382. The second-order valence-corrected chi connectivity index (χ2v) is 16.0. The van der Waals surface area contributed by atoms with E-state index in [2.05, 4.69) is 0 Å². The van der Waals surface area contributed by atoms with Crippen molar-refractivity contribution >= 4 is 49.1 Å². The van der Waals surface area contributed by atoms with Crippen LogP contribution in [0.15, 0.2) is 80.9 Å². The van der Waals surface area contributed by atoms with Crippen LogP contribution in [-0.4, -0.2) is 66.2 Å². The van der Waals surface area contributed by atoms with E-state index in [1.165, 1.54) is 36.4 Å². The zero-order valence-corrected chi connectivity index (χ0v) is 28.9. The molecule has 0 bridgehead atoms. The highest BCUT2D eigenvalue weighted by atomic mass is 32.2. The molecule has 3 N–H and O–H groups in total. The molecule has 0 atom stereocenters. The number of fused-ring (bicyclic) bond motifs is 2. The Labute approximate surface area is 279 Å². The molecule has 0 saturated carbocycles. The van der Waals surface area contributed by atoms with E-state index in [0.717, 1.165) is 0 Å². The number of benzene rings is 2. The van der Waals surface area contributed by atoms with Crippen LogP contribution in [0.3, 0.4) is 0 Å². The summed E-state index contributed by atoms with van der Waals surface area (Å²) in [7, 11) is -8.96. The topological polar surface area (TPSA) is 192 Å². The first-order chi connectivity index (χ1) is 22.2. The van der Waals surface area contributed by atoms with Gasteiger partial charge in [-0.25, -0.2) is 0 Å². The lowest BCUT2D eigenvalue weighted by Gasteiger charge is -2.32. The zero-order valence-electron chi connectivity index (χ0n) is 27.3. The highest BCUT2D eigenvalue weighted by molar-refractivity contribution is 7.86. The fourth-order valence-corrected chi connectivity index (χ4v) is 7.84. The second-order valence-electron chi connectivity index (χ2n) is 13.2. The maximum absolute atomic E-state index is 13.6. The molecule has 0 spiro atoms. The van der Waals surface area contributed by atoms with Crippen molar-refractivity contribution in [3.8, 4) is 0 Å². The fourth-order valence-electron chi connectivity index (χ4n) is 6.82. The molecule has 14 heteroatoms. The summed E-state index contributed by atoms with van der Waals surface area (Å²) in [5, 5.41) is 22.6. The third-order valence-electron chi connectivity index (χ3n) is 9.45. The van der Waals surface area contributed by atoms with Crippen LogP contribution in [0, 0.1) is 0 Å². The average Bonchev–Trinajstić information content (AvgIpc) is 3.34. The van der Waals surface area contributed by atoms with Gasteiger partial charge in [-0.05, 0) is 75.6 Å². The summed E-state index contributed by atoms with van der Waals surface area (Å²) >= 11 is 0. The SMILES string of the molecule is CCN1/C(=C/C2=C([O-])C(=C\C3=[N+](CCCCCC(=O)O)c4ccc(S(=O)(=O)O)cc4C3(C)C)/C2=O)C(C)(C)c2cc(S(=O)(=O)O)ccc21. The monoisotopic (exact) mass is 698 g/mol. The number of Topliss-reactive ketones (excluding diaryl/α,β-unsaturated/α-hetero) is 1. The lowest BCUT2D eigenvalue weighted by Crippen LogP contribution is -2.35. The normalized spacial score (nSPS) is 20.1. The minimum atomic E-state index is -4.50. The van der Waals surface area contributed by atoms with Crippen LogP contribution in [0.25, 0.3) is 0 Å². The van der Waals surface area contributed by atoms with E-state index in [1.807, 2.05) is 44.1 Å². The maximum atomic E-state index is 13.6. The Bertz CT molecular complexity index is 2100. The summed E-state index contributed by atoms with van der Waals surface area (Å²) in [5.41, 5.74) is 1.96. The predicted octanol–water partition coefficient (Wildman–Crippen LogP) is 4.03. The molecule has 0 saturated heterocycles. The molecule has 2 heterocycles. The van der Waals surface area contributed by atoms with E-state index in [1.54, 1.807) is 12.1 Å². The van der Waals surface area contributed by atoms with Crippen molar-refractivity contribution in [2.24, 2.45) is 0 Å². The number of ketones is 1. The van der Waals surface area contributed by atoms with Crippen molar-refractivity contribution in [2.45, 2.75) is 80.9 Å². The molecule has 5 rings (SSSR count). The molecule has 2 aliphatic heterocycles. The lowest BCUT2D eigenvalue weighted by molar-refractivity contribution is -0.438. The number of anilines is 1. The third-order valence-corrected chi connectivity index (χ3v) is 11.2. The largest absolute Gasteiger partial charge is 0.871 e. The molecular formula is C34H38N2O10S2. The van der Waals surface area contributed by atoms with Gasteiger partial charge in [0.15, 0.2) is 11.5 Å². The number of carbonyl (C=O) groups excluding carboxylic acids is 1. The molecular weight excluding hydrogens is 661 g/mol. The Morgan fingerprint density at radius 2 is 1.50 bits per heavy atom. The summed E-state index contributed by atoms with van der Waals surface area (Å²) in [6, 6.07) is 8.53. The van der Waals surface area contributed by atoms with Gasteiger partial charge in [-0.1, -0.05) is 19.6 Å². The molecule has 0 amide bonds. The lowest BCUT2D eigenvalue weighted by atomic mass is 9.77. The first kappa shape index (κ1) is 35.2. The van der Waals surface area contributed by atoms with Crippen LogP contribution in [0.1, 0.15) is 71.4 Å². The Morgan fingerprint density at radius 1 is 0.896 bits per heavy atom. The number of rotatable bonds is 11. The predicted molar refractivity (Wildman–Crippen MR) is 176 cm³/mol. The number of likely N-dealkylation sites (N-methyl/N-ethyl adjacent to an activating group) is 1. The number of allylic oxidation sites excluding steroid dienone is 5. The number of nitrogens with zero attached hydrogens (tertiary/aromatic N) is 2. The Morgan fingerprint density at radius 3 is 2.06 bits per heavy atom. The Balaban J connectivity index is 1.56. The summed E-state index contributed by atoms with van der Waals surface area (Å²) in [6.07, 6.45) is 4.75. The maximum Gasteiger partial charge on any atom is 0.303 e. The third kappa shape index (κ3) is 6.02. The molecule has 0 aromatic heterocycles. The molecule has 2 aromatic carbocycles. The Kier molecular flexibility index (Phi) is 8.87. The molecule has 0 unspecified atom stereocenters. The first-order valence-electron chi connectivity index (χ1n) is 15.5. The second kappa shape index (κ2) is 12.1. The van der Waals surface area contributed by atoms with E-state index in [4.69, 9.17) is 5.11 Å². The van der Waals surface area contributed by atoms with Crippen LogP contribution in [0.5, 0.6) is 0 Å². The van der Waals surface area contributed by atoms with Gasteiger partial charge < -0.3 is 15.1 Å². The Hall–Kier alpha value is -4.11. The number of aliphatic carboxylic acids is 1. The van der Waals surface area contributed by atoms with Crippen LogP contribution >= 0.6 is 0 Å². The minimum Gasteiger partial charge on any atom is -0.871 e. The number of carbonyl (C=O) groups is 2. The van der Waals surface area contributed by atoms with Crippen molar-refractivity contribution in [1.29, 1.82) is 0 Å². The van der Waals surface area contributed by atoms with Crippen molar-refractivity contribution in [3.63, 3.8) is 0 Å². The number of hydrogen-bond acceptors (Lipinski definition) is 8. The molecule has 48 heavy (non-hydrogen) atoms. The van der Waals surface area contributed by atoms with Gasteiger partial charge in [0.25, 0.3) is 20.2 Å². The number of unbranched alkanes of at least 4 members (excludes halogenated alkanes) is 2. The van der Waals surface area contributed by atoms with Crippen molar-refractivity contribution in [2.75, 3.05) is 18.0 Å². The molecule has 1 aliphatic carbocycles. The van der Waals surface area contributed by atoms with Gasteiger partial charge >= 0.3 is 5.97 Å². The van der Waals surface area contributed by atoms with Gasteiger partial charge in [-0.15, -0.1) is 0 Å². The van der Waals surface area contributed by atoms with Crippen molar-refractivity contribution in [1.82, 2.24) is 0 Å². The van der Waals surface area contributed by atoms with E-state index >= 15 is 0 Å². The highest BCUT2D eigenvalue weighted by Crippen LogP contribution is 2.49. The molecule has 0 fully saturated rings. The zero-order chi connectivity index (χ0) is 35.6. The van der Waals surface area contributed by atoms with E-state index in [0.29, 0.717) is 66.3 Å². The number of hydrogen-bond donors (Lipinski definition) is 3. The molecule has 2 aromatic rings. The van der Waals surface area contributed by atoms with E-state index in [-0.39, 0.29) is 27.4 Å². The molecule has 0 radical (unpaired) electrons. The first-order valence-corrected chi connectivity index (χ1v) is 18.4. The van der Waals surface area contributed by atoms with Crippen molar-refractivity contribution in [3.05, 3.63) is 82.3 Å². The quantitative estimate of drug-likeness (QED) is 0.133. The van der Waals surface area contributed by atoms with Crippen molar-refractivity contribution < 1.29 is 50.3 Å². The van der Waals surface area contributed by atoms with Gasteiger partial charge in [-0.3, -0.25) is 18.7 Å². The van der Waals surface area contributed by atoms with Gasteiger partial charge in [-0.2, -0.15) is 21.4 Å². The summed E-state index contributed by atoms with van der Waals surface area (Å²) < 4.78 is 68.9. The average molecular weight is 699 g/mol. The smallest absolute Gasteiger partial charge is 0.303 e. The minimum absolute atomic E-state index is 0.0244. The number of carboxylic acid groups (broad SMARTS) is 1. The highest BCUT2D eigenvalue weighted by Gasteiger charge is 2.47. The van der Waals surface area contributed by atoms with Gasteiger partial charge in [0.1, 0.15) is 6.54 Å². The molecule has 256 valence electrons. The van der Waals surface area contributed by atoms with Gasteiger partial charge in [0, 0.05) is 65.0 Å². The molecule has 3 aliphatic rings. The summed E-state index contributed by atoms with van der Waals surface area (Å²) in [5.74, 6) is -1.85. The number of carboxylic acids is 1.